The lowest BCUT2D eigenvalue weighted by Crippen LogP contribution is -2.16. The molecule has 5 rings (SSSR count). The van der Waals surface area contributed by atoms with E-state index in [1.807, 2.05) is 0 Å². The van der Waals surface area contributed by atoms with Crippen LogP contribution < -0.4 is 0 Å². The molecule has 2 aromatic heterocycles. The SMILES string of the molecule is Cc1cc2ccccc2n1-c1cccc(-n2c(C(C)(C)C)cc3ccccc32)c1. The van der Waals surface area contributed by atoms with Crippen molar-refractivity contribution in [3.63, 3.8) is 0 Å². The molecule has 0 N–H and O–H groups in total. The summed E-state index contributed by atoms with van der Waals surface area (Å²) in [6.45, 7) is 9.03. The molecule has 144 valence electrons. The van der Waals surface area contributed by atoms with Crippen LogP contribution in [0.2, 0.25) is 0 Å². The molecule has 29 heavy (non-hydrogen) atoms. The quantitative estimate of drug-likeness (QED) is 0.308. The summed E-state index contributed by atoms with van der Waals surface area (Å²) < 4.78 is 4.77. The number of benzene rings is 3. The first-order chi connectivity index (χ1) is 13.9. The molecule has 0 fully saturated rings. The zero-order valence-electron chi connectivity index (χ0n) is 17.5. The van der Waals surface area contributed by atoms with Crippen molar-refractivity contribution in [3.05, 3.63) is 96.3 Å². The van der Waals surface area contributed by atoms with Gasteiger partial charge in [-0.2, -0.15) is 0 Å². The lowest BCUT2D eigenvalue weighted by molar-refractivity contribution is 0.559. The Balaban J connectivity index is 1.77. The van der Waals surface area contributed by atoms with Crippen molar-refractivity contribution in [2.45, 2.75) is 33.1 Å². The normalized spacial score (nSPS) is 12.1. The number of aromatic nitrogens is 2. The number of fused-ring (bicyclic) bond motifs is 2. The predicted molar refractivity (Wildman–Crippen MR) is 124 cm³/mol. The van der Waals surface area contributed by atoms with Gasteiger partial charge in [0.2, 0.25) is 0 Å². The molecule has 2 heterocycles. The highest BCUT2D eigenvalue weighted by molar-refractivity contribution is 5.85. The minimum Gasteiger partial charge on any atom is -0.314 e. The zero-order chi connectivity index (χ0) is 20.2. The van der Waals surface area contributed by atoms with Gasteiger partial charge in [-0.3, -0.25) is 0 Å². The largest absolute Gasteiger partial charge is 0.314 e. The highest BCUT2D eigenvalue weighted by Gasteiger charge is 2.22. The van der Waals surface area contributed by atoms with Gasteiger partial charge in [0.1, 0.15) is 0 Å². The smallest absolute Gasteiger partial charge is 0.0531 e. The third-order valence-corrected chi connectivity index (χ3v) is 5.72. The molecule has 2 heteroatoms. The summed E-state index contributed by atoms with van der Waals surface area (Å²) in [4.78, 5) is 0. The third-order valence-electron chi connectivity index (χ3n) is 5.72. The number of hydrogen-bond donors (Lipinski definition) is 0. The number of para-hydroxylation sites is 2. The van der Waals surface area contributed by atoms with Gasteiger partial charge in [0.15, 0.2) is 0 Å². The van der Waals surface area contributed by atoms with Crippen molar-refractivity contribution in [1.29, 1.82) is 0 Å². The second-order valence-corrected chi connectivity index (χ2v) is 8.87. The van der Waals surface area contributed by atoms with E-state index < -0.39 is 0 Å². The second-order valence-electron chi connectivity index (χ2n) is 8.87. The van der Waals surface area contributed by atoms with E-state index in [0.29, 0.717) is 0 Å². The molecule has 0 spiro atoms. The van der Waals surface area contributed by atoms with Crippen LogP contribution in [-0.4, -0.2) is 9.13 Å². The van der Waals surface area contributed by atoms with Crippen molar-refractivity contribution in [3.8, 4) is 11.4 Å². The number of hydrogen-bond acceptors (Lipinski definition) is 0. The summed E-state index contributed by atoms with van der Waals surface area (Å²) in [5.41, 5.74) is 7.51. The van der Waals surface area contributed by atoms with Crippen LogP contribution in [0.5, 0.6) is 0 Å². The molecule has 0 radical (unpaired) electrons. The van der Waals surface area contributed by atoms with E-state index in [1.54, 1.807) is 0 Å². The molecule has 0 saturated heterocycles. The summed E-state index contributed by atoms with van der Waals surface area (Å²) >= 11 is 0. The Bertz CT molecular complexity index is 1340. The van der Waals surface area contributed by atoms with E-state index in [1.165, 1.54) is 44.6 Å². The van der Waals surface area contributed by atoms with Gasteiger partial charge in [0.05, 0.1) is 11.0 Å². The van der Waals surface area contributed by atoms with Gasteiger partial charge < -0.3 is 9.13 Å². The Morgan fingerprint density at radius 2 is 1.14 bits per heavy atom. The van der Waals surface area contributed by atoms with Crippen LogP contribution in [0.25, 0.3) is 33.2 Å². The molecule has 2 nitrogen and oxygen atoms in total. The number of nitrogens with zero attached hydrogens (tertiary/aromatic N) is 2. The van der Waals surface area contributed by atoms with E-state index in [4.69, 9.17) is 0 Å². The van der Waals surface area contributed by atoms with Crippen molar-refractivity contribution in [2.24, 2.45) is 0 Å². The molecule has 0 aliphatic heterocycles. The highest BCUT2D eigenvalue weighted by atomic mass is 15.0. The van der Waals surface area contributed by atoms with Gasteiger partial charge in [-0.1, -0.05) is 63.2 Å². The fourth-order valence-corrected chi connectivity index (χ4v) is 4.39. The Kier molecular flexibility index (Phi) is 3.92. The first-order valence-electron chi connectivity index (χ1n) is 10.2. The average Bonchev–Trinajstić information content (AvgIpc) is 3.25. The van der Waals surface area contributed by atoms with E-state index in [2.05, 4.69) is 122 Å². The summed E-state index contributed by atoms with van der Waals surface area (Å²) in [5, 5.41) is 2.56. The zero-order valence-corrected chi connectivity index (χ0v) is 17.5. The molecule has 0 saturated carbocycles. The minimum atomic E-state index is 0.0467. The molecule has 0 amide bonds. The second kappa shape index (κ2) is 6.38. The van der Waals surface area contributed by atoms with Crippen molar-refractivity contribution >= 4 is 21.8 Å². The Labute approximate surface area is 172 Å². The highest BCUT2D eigenvalue weighted by Crippen LogP contribution is 2.33. The van der Waals surface area contributed by atoms with E-state index in [9.17, 15) is 0 Å². The molecule has 5 aromatic rings. The van der Waals surface area contributed by atoms with Crippen LogP contribution in [0, 0.1) is 6.92 Å². The molecule has 0 bridgehead atoms. The van der Waals surface area contributed by atoms with Gasteiger partial charge in [-0.15, -0.1) is 0 Å². The van der Waals surface area contributed by atoms with E-state index in [0.717, 1.165) is 0 Å². The topological polar surface area (TPSA) is 9.86 Å². The van der Waals surface area contributed by atoms with E-state index in [-0.39, 0.29) is 5.41 Å². The Morgan fingerprint density at radius 1 is 0.586 bits per heavy atom. The standard InChI is InChI=1S/C27H26N2/c1-19-16-20-10-5-7-14-24(20)28(19)22-12-9-13-23(18-22)29-25-15-8-6-11-21(25)17-26(29)27(2,3)4/h5-18H,1-4H3. The van der Waals surface area contributed by atoms with Gasteiger partial charge in [-0.05, 0) is 49.4 Å². The molecule has 0 atom stereocenters. The maximum Gasteiger partial charge on any atom is 0.0531 e. The molecule has 0 unspecified atom stereocenters. The van der Waals surface area contributed by atoms with Crippen LogP contribution in [0.1, 0.15) is 32.2 Å². The Hall–Kier alpha value is -3.26. The summed E-state index contributed by atoms with van der Waals surface area (Å²) in [6.07, 6.45) is 0. The van der Waals surface area contributed by atoms with Crippen molar-refractivity contribution in [1.82, 2.24) is 9.13 Å². The fourth-order valence-electron chi connectivity index (χ4n) is 4.39. The number of rotatable bonds is 2. The van der Waals surface area contributed by atoms with Crippen LogP contribution in [-0.2, 0) is 5.41 Å². The van der Waals surface area contributed by atoms with Gasteiger partial charge in [0, 0.05) is 39.0 Å². The summed E-state index contributed by atoms with van der Waals surface area (Å²) in [5.74, 6) is 0. The lowest BCUT2D eigenvalue weighted by Gasteiger charge is -2.23. The first-order valence-corrected chi connectivity index (χ1v) is 10.2. The first kappa shape index (κ1) is 17.8. The minimum absolute atomic E-state index is 0.0467. The molecule has 3 aromatic carbocycles. The number of aryl methyl sites for hydroxylation is 1. The Morgan fingerprint density at radius 3 is 1.79 bits per heavy atom. The monoisotopic (exact) mass is 378 g/mol. The average molecular weight is 379 g/mol. The lowest BCUT2D eigenvalue weighted by atomic mass is 9.92. The van der Waals surface area contributed by atoms with Crippen molar-refractivity contribution in [2.75, 3.05) is 0 Å². The van der Waals surface area contributed by atoms with Crippen LogP contribution in [0.15, 0.2) is 84.9 Å². The van der Waals surface area contributed by atoms with Crippen LogP contribution >= 0.6 is 0 Å². The van der Waals surface area contributed by atoms with Gasteiger partial charge >= 0.3 is 0 Å². The summed E-state index contributed by atoms with van der Waals surface area (Å²) in [7, 11) is 0. The van der Waals surface area contributed by atoms with Gasteiger partial charge in [0.25, 0.3) is 0 Å². The molecule has 0 aliphatic rings. The third kappa shape index (κ3) is 2.87. The van der Waals surface area contributed by atoms with E-state index >= 15 is 0 Å². The van der Waals surface area contributed by atoms with Crippen LogP contribution in [0.4, 0.5) is 0 Å². The van der Waals surface area contributed by atoms with Gasteiger partial charge in [-0.25, -0.2) is 0 Å². The fraction of sp³-hybridized carbons (Fsp3) is 0.185. The molecular formula is C27H26N2. The van der Waals surface area contributed by atoms with Crippen molar-refractivity contribution < 1.29 is 0 Å². The maximum atomic E-state index is 2.42. The molecular weight excluding hydrogens is 352 g/mol. The summed E-state index contributed by atoms with van der Waals surface area (Å²) in [6, 6.07) is 30.7. The van der Waals surface area contributed by atoms with Crippen LogP contribution in [0.3, 0.4) is 0 Å². The maximum absolute atomic E-state index is 2.42. The molecule has 0 aliphatic carbocycles. The predicted octanol–water partition coefficient (Wildman–Crippen LogP) is 7.18.